The largest absolute Gasteiger partial charge is 0.369 e. The van der Waals surface area contributed by atoms with Gasteiger partial charge in [-0.25, -0.2) is 0 Å². The van der Waals surface area contributed by atoms with E-state index >= 15 is 0 Å². The highest BCUT2D eigenvalue weighted by Crippen LogP contribution is 2.38. The van der Waals surface area contributed by atoms with Crippen molar-refractivity contribution in [2.45, 2.75) is 45.8 Å². The molecule has 0 saturated carbocycles. The quantitative estimate of drug-likeness (QED) is 0.666. The molecule has 4 nitrogen and oxygen atoms in total. The van der Waals surface area contributed by atoms with Gasteiger partial charge in [-0.05, 0) is 50.2 Å². The highest BCUT2D eigenvalue weighted by atomic mass is 32.1. The number of H-pyrrole nitrogens is 1. The van der Waals surface area contributed by atoms with E-state index in [1.165, 1.54) is 0 Å². The van der Waals surface area contributed by atoms with Crippen LogP contribution < -0.4 is 5.56 Å². The first-order valence-corrected chi connectivity index (χ1v) is 9.65. The van der Waals surface area contributed by atoms with Crippen molar-refractivity contribution >= 4 is 33.8 Å². The van der Waals surface area contributed by atoms with Gasteiger partial charge < -0.3 is 9.72 Å². The van der Waals surface area contributed by atoms with E-state index < -0.39 is 0 Å². The molecule has 2 aromatic heterocycles. The predicted molar refractivity (Wildman–Crippen MR) is 105 cm³/mol. The molecule has 0 bridgehead atoms. The molecule has 0 aliphatic carbocycles. The maximum Gasteiger partial charge on any atom is 0.267 e. The number of aryl methyl sites for hydroxylation is 1. The van der Waals surface area contributed by atoms with Gasteiger partial charge in [-0.15, -0.1) is 11.3 Å². The van der Waals surface area contributed by atoms with Gasteiger partial charge in [-0.2, -0.15) is 0 Å². The van der Waals surface area contributed by atoms with Crippen molar-refractivity contribution in [1.82, 2.24) is 9.55 Å². The molecule has 25 heavy (non-hydrogen) atoms. The van der Waals surface area contributed by atoms with Crippen molar-refractivity contribution in [2.24, 2.45) is 0 Å². The minimum atomic E-state index is -0.214. The summed E-state index contributed by atoms with van der Waals surface area (Å²) >= 11 is 7.06. The van der Waals surface area contributed by atoms with Crippen LogP contribution in [0.5, 0.6) is 0 Å². The molecule has 0 spiro atoms. The summed E-state index contributed by atoms with van der Waals surface area (Å²) in [6.07, 6.45) is 1.67. The number of nitrogens with zero attached hydrogens (tertiary/aromatic N) is 1. The fourth-order valence-corrected chi connectivity index (χ4v) is 4.78. The van der Waals surface area contributed by atoms with Crippen LogP contribution in [-0.2, 0) is 17.8 Å². The number of fused-ring (bicyclic) bond motifs is 3. The third-order valence-electron chi connectivity index (χ3n) is 5.07. The number of aromatic nitrogens is 2. The van der Waals surface area contributed by atoms with Crippen molar-refractivity contribution in [3.8, 4) is 5.69 Å². The third-order valence-corrected chi connectivity index (χ3v) is 6.48. The number of benzene rings is 1. The van der Waals surface area contributed by atoms with Gasteiger partial charge in [0.15, 0.2) is 4.77 Å². The van der Waals surface area contributed by atoms with E-state index in [9.17, 15) is 4.79 Å². The van der Waals surface area contributed by atoms with Crippen LogP contribution in [0.1, 0.15) is 36.3 Å². The maximum absolute atomic E-state index is 13.3. The zero-order chi connectivity index (χ0) is 17.8. The summed E-state index contributed by atoms with van der Waals surface area (Å²) in [5.74, 6) is 0. The summed E-state index contributed by atoms with van der Waals surface area (Å²) in [6.45, 7) is 6.82. The average Bonchev–Trinajstić information content (AvgIpc) is 2.93. The number of aromatic amines is 1. The van der Waals surface area contributed by atoms with Gasteiger partial charge >= 0.3 is 0 Å². The van der Waals surface area contributed by atoms with Crippen LogP contribution in [0.15, 0.2) is 29.1 Å². The molecular weight excluding hydrogens is 352 g/mol. The van der Waals surface area contributed by atoms with E-state index in [1.807, 2.05) is 31.2 Å². The van der Waals surface area contributed by atoms with Gasteiger partial charge in [0.1, 0.15) is 4.83 Å². The standard InChI is InChI=1S/C19H20N2O2S2/c1-4-19(3)9-13-14(10-23-19)25-16-15(13)17(22)21(18(24)20-16)12-7-5-11(2)6-8-12/h5-8H,4,9-10H2,1-3H3,(H,20,24)/t19-/m0/s1. The zero-order valence-electron chi connectivity index (χ0n) is 14.5. The molecule has 0 saturated heterocycles. The van der Waals surface area contributed by atoms with Gasteiger partial charge in [-0.3, -0.25) is 9.36 Å². The number of hydrogen-bond acceptors (Lipinski definition) is 4. The molecule has 4 rings (SSSR count). The lowest BCUT2D eigenvalue weighted by atomic mass is 9.90. The summed E-state index contributed by atoms with van der Waals surface area (Å²) in [4.78, 5) is 18.5. The van der Waals surface area contributed by atoms with E-state index in [2.05, 4.69) is 18.8 Å². The number of rotatable bonds is 2. The lowest BCUT2D eigenvalue weighted by Crippen LogP contribution is -2.34. The summed E-state index contributed by atoms with van der Waals surface area (Å²) < 4.78 is 8.06. The first-order chi connectivity index (χ1) is 11.9. The monoisotopic (exact) mass is 372 g/mol. The lowest BCUT2D eigenvalue weighted by Gasteiger charge is -2.32. The third kappa shape index (κ3) is 2.69. The fraction of sp³-hybridized carbons (Fsp3) is 0.368. The molecule has 1 aliphatic heterocycles. The molecule has 1 N–H and O–H groups in total. The molecule has 3 aromatic rings. The van der Waals surface area contributed by atoms with Crippen LogP contribution in [0.25, 0.3) is 15.9 Å². The Bertz CT molecular complexity index is 1080. The van der Waals surface area contributed by atoms with E-state index in [0.717, 1.165) is 44.7 Å². The minimum Gasteiger partial charge on any atom is -0.369 e. The summed E-state index contributed by atoms with van der Waals surface area (Å²) in [5, 5.41) is 0.761. The zero-order valence-corrected chi connectivity index (χ0v) is 16.1. The second-order valence-corrected chi connectivity index (χ2v) is 8.37. The van der Waals surface area contributed by atoms with Crippen molar-refractivity contribution in [3.63, 3.8) is 0 Å². The molecule has 0 radical (unpaired) electrons. The molecular formula is C19H20N2O2S2. The maximum atomic E-state index is 13.3. The molecule has 1 aliphatic rings. The normalized spacial score (nSPS) is 20.0. The first kappa shape index (κ1) is 16.7. The average molecular weight is 373 g/mol. The van der Waals surface area contributed by atoms with Crippen LogP contribution in [0.4, 0.5) is 0 Å². The molecule has 0 fully saturated rings. The van der Waals surface area contributed by atoms with Crippen LogP contribution in [0, 0.1) is 11.7 Å². The first-order valence-electron chi connectivity index (χ1n) is 8.42. The number of thiophene rings is 1. The Morgan fingerprint density at radius 1 is 1.36 bits per heavy atom. The fourth-order valence-electron chi connectivity index (χ4n) is 3.31. The van der Waals surface area contributed by atoms with Crippen LogP contribution in [-0.4, -0.2) is 15.2 Å². The Morgan fingerprint density at radius 2 is 2.08 bits per heavy atom. The predicted octanol–water partition coefficient (Wildman–Crippen LogP) is 4.66. The number of ether oxygens (including phenoxy) is 1. The Morgan fingerprint density at radius 3 is 2.76 bits per heavy atom. The molecule has 130 valence electrons. The van der Waals surface area contributed by atoms with E-state index in [-0.39, 0.29) is 11.2 Å². The summed E-state index contributed by atoms with van der Waals surface area (Å²) in [6, 6.07) is 7.85. The van der Waals surface area contributed by atoms with Gasteiger partial charge in [0.25, 0.3) is 5.56 Å². The molecule has 6 heteroatoms. The number of hydrogen-bond donors (Lipinski definition) is 1. The summed E-state index contributed by atoms with van der Waals surface area (Å²) in [7, 11) is 0. The van der Waals surface area contributed by atoms with Crippen molar-refractivity contribution in [1.29, 1.82) is 0 Å². The SMILES string of the molecule is CC[C@@]1(C)Cc2c(sc3[nH]c(=S)n(-c4ccc(C)cc4)c(=O)c23)CO1. The van der Waals surface area contributed by atoms with Crippen LogP contribution in [0.2, 0.25) is 0 Å². The van der Waals surface area contributed by atoms with Gasteiger partial charge in [0.2, 0.25) is 0 Å². The highest BCUT2D eigenvalue weighted by Gasteiger charge is 2.33. The molecule has 0 amide bonds. The second-order valence-electron chi connectivity index (χ2n) is 6.88. The molecule has 1 atom stereocenters. The molecule has 1 aromatic carbocycles. The smallest absolute Gasteiger partial charge is 0.267 e. The van der Waals surface area contributed by atoms with E-state index in [0.29, 0.717) is 11.4 Å². The van der Waals surface area contributed by atoms with Crippen molar-refractivity contribution in [2.75, 3.05) is 0 Å². The van der Waals surface area contributed by atoms with Crippen molar-refractivity contribution < 1.29 is 4.74 Å². The lowest BCUT2D eigenvalue weighted by molar-refractivity contribution is -0.0543. The van der Waals surface area contributed by atoms with Gasteiger partial charge in [-0.1, -0.05) is 24.6 Å². The Balaban J connectivity index is 1.99. The highest BCUT2D eigenvalue weighted by molar-refractivity contribution is 7.71. The topological polar surface area (TPSA) is 47.0 Å². The molecule has 3 heterocycles. The van der Waals surface area contributed by atoms with E-state index in [1.54, 1.807) is 15.9 Å². The Kier molecular flexibility index (Phi) is 3.94. The van der Waals surface area contributed by atoms with Crippen LogP contribution in [0.3, 0.4) is 0 Å². The van der Waals surface area contributed by atoms with Gasteiger partial charge in [0.05, 0.1) is 23.3 Å². The molecule has 0 unspecified atom stereocenters. The Hall–Kier alpha value is -1.76. The minimum absolute atomic E-state index is 0.0412. The summed E-state index contributed by atoms with van der Waals surface area (Å²) in [5.41, 5.74) is 2.81. The van der Waals surface area contributed by atoms with Crippen molar-refractivity contribution in [3.05, 3.63) is 55.4 Å². The van der Waals surface area contributed by atoms with E-state index in [4.69, 9.17) is 17.0 Å². The Labute approximate surface area is 155 Å². The van der Waals surface area contributed by atoms with Crippen LogP contribution >= 0.6 is 23.6 Å². The van der Waals surface area contributed by atoms with Gasteiger partial charge in [0, 0.05) is 11.3 Å². The second kappa shape index (κ2) is 5.90. The number of nitrogens with one attached hydrogen (secondary N) is 1.